The molecular weight excluding hydrogens is 344 g/mol. The molecule has 2 aromatic carbocycles. The normalized spacial score (nSPS) is 23.2. The fourth-order valence-electron chi connectivity index (χ4n) is 3.73. The Kier molecular flexibility index (Phi) is 4.68. The average Bonchev–Trinajstić information content (AvgIpc) is 3.25. The summed E-state index contributed by atoms with van der Waals surface area (Å²) in [7, 11) is 0. The second-order valence-electron chi connectivity index (χ2n) is 6.91. The van der Waals surface area contributed by atoms with Crippen molar-refractivity contribution in [2.75, 3.05) is 0 Å². The second-order valence-corrected chi connectivity index (χ2v) is 8.22. The van der Waals surface area contributed by atoms with E-state index >= 15 is 0 Å². The van der Waals surface area contributed by atoms with Gasteiger partial charge in [0.2, 0.25) is 0 Å². The standard InChI is InChI=1S/C22H20O3S/c1-14(23)25-19-8-4-16(5-9-19)22(24)17-6-10-20(11-7-17)26-21-13-15-2-3-18(21)12-15/h2-11,15,18,21H,12-13H2,1H3. The lowest BCUT2D eigenvalue weighted by Crippen LogP contribution is -2.08. The molecule has 132 valence electrons. The topological polar surface area (TPSA) is 43.4 Å². The maximum Gasteiger partial charge on any atom is 0.308 e. The minimum atomic E-state index is -0.372. The van der Waals surface area contributed by atoms with E-state index in [0.717, 1.165) is 5.92 Å². The highest BCUT2D eigenvalue weighted by atomic mass is 32.2. The van der Waals surface area contributed by atoms with Crippen LogP contribution in [-0.4, -0.2) is 17.0 Å². The molecule has 1 saturated carbocycles. The fraction of sp³-hybridized carbons (Fsp3) is 0.273. The first-order valence-corrected chi connectivity index (χ1v) is 9.75. The molecule has 0 aromatic heterocycles. The molecule has 0 radical (unpaired) electrons. The highest BCUT2D eigenvalue weighted by molar-refractivity contribution is 8.00. The molecule has 0 N–H and O–H groups in total. The molecule has 2 aliphatic carbocycles. The van der Waals surface area contributed by atoms with E-state index in [1.165, 1.54) is 24.7 Å². The van der Waals surface area contributed by atoms with Gasteiger partial charge in [0.1, 0.15) is 5.75 Å². The van der Waals surface area contributed by atoms with Crippen LogP contribution in [0.2, 0.25) is 0 Å². The summed E-state index contributed by atoms with van der Waals surface area (Å²) in [5.74, 6) is 1.53. The van der Waals surface area contributed by atoms with Crippen molar-refractivity contribution in [1.29, 1.82) is 0 Å². The SMILES string of the molecule is CC(=O)Oc1ccc(C(=O)c2ccc(SC3CC4C=CC3C4)cc2)cc1. The van der Waals surface area contributed by atoms with Crippen molar-refractivity contribution in [3.05, 3.63) is 71.8 Å². The summed E-state index contributed by atoms with van der Waals surface area (Å²) in [4.78, 5) is 24.8. The third-order valence-corrected chi connectivity index (χ3v) is 6.39. The number of carbonyl (C=O) groups is 2. The summed E-state index contributed by atoms with van der Waals surface area (Å²) in [6.07, 6.45) is 7.29. The van der Waals surface area contributed by atoms with Crippen LogP contribution in [0.4, 0.5) is 0 Å². The van der Waals surface area contributed by atoms with E-state index in [9.17, 15) is 9.59 Å². The van der Waals surface area contributed by atoms with E-state index in [1.807, 2.05) is 36.0 Å². The van der Waals surface area contributed by atoms with Gasteiger partial charge in [0.15, 0.2) is 5.78 Å². The molecule has 0 saturated heterocycles. The third-order valence-electron chi connectivity index (χ3n) is 5.00. The molecule has 0 spiro atoms. The third kappa shape index (κ3) is 3.61. The van der Waals surface area contributed by atoms with Crippen LogP contribution in [0.5, 0.6) is 5.75 Å². The molecule has 2 aliphatic rings. The van der Waals surface area contributed by atoms with Crippen molar-refractivity contribution in [3.63, 3.8) is 0 Å². The van der Waals surface area contributed by atoms with Crippen LogP contribution >= 0.6 is 11.8 Å². The van der Waals surface area contributed by atoms with Crippen LogP contribution in [-0.2, 0) is 4.79 Å². The minimum Gasteiger partial charge on any atom is -0.427 e. The van der Waals surface area contributed by atoms with Crippen molar-refractivity contribution in [2.45, 2.75) is 29.9 Å². The van der Waals surface area contributed by atoms with Gasteiger partial charge in [0.25, 0.3) is 0 Å². The molecule has 0 heterocycles. The number of hydrogen-bond acceptors (Lipinski definition) is 4. The van der Waals surface area contributed by atoms with E-state index < -0.39 is 0 Å². The molecule has 26 heavy (non-hydrogen) atoms. The molecule has 0 amide bonds. The Bertz CT molecular complexity index is 852. The van der Waals surface area contributed by atoms with Gasteiger partial charge in [-0.05, 0) is 73.2 Å². The predicted molar refractivity (Wildman–Crippen MR) is 103 cm³/mol. The van der Waals surface area contributed by atoms with Gasteiger partial charge in [-0.1, -0.05) is 12.2 Å². The Labute approximate surface area is 157 Å². The van der Waals surface area contributed by atoms with Crippen molar-refractivity contribution in [2.24, 2.45) is 11.8 Å². The Hall–Kier alpha value is -2.33. The fourth-order valence-corrected chi connectivity index (χ4v) is 5.10. The van der Waals surface area contributed by atoms with Gasteiger partial charge in [-0.25, -0.2) is 0 Å². The second kappa shape index (κ2) is 7.12. The summed E-state index contributed by atoms with van der Waals surface area (Å²) in [6, 6.07) is 14.5. The molecular formula is C22H20O3S. The number of thioether (sulfide) groups is 1. The molecule has 1 fully saturated rings. The van der Waals surface area contributed by atoms with Crippen LogP contribution < -0.4 is 4.74 Å². The number of fused-ring (bicyclic) bond motifs is 2. The maximum atomic E-state index is 12.6. The number of benzene rings is 2. The molecule has 0 aliphatic heterocycles. The van der Waals surface area contributed by atoms with E-state index in [2.05, 4.69) is 12.2 Å². The average molecular weight is 364 g/mol. The van der Waals surface area contributed by atoms with Gasteiger partial charge in [-0.2, -0.15) is 0 Å². The number of ketones is 1. The lowest BCUT2D eigenvalue weighted by atomic mass is 10.0. The monoisotopic (exact) mass is 364 g/mol. The lowest BCUT2D eigenvalue weighted by molar-refractivity contribution is -0.131. The smallest absolute Gasteiger partial charge is 0.308 e. The molecule has 2 bridgehead atoms. The van der Waals surface area contributed by atoms with Gasteiger partial charge in [0, 0.05) is 28.2 Å². The highest BCUT2D eigenvalue weighted by Crippen LogP contribution is 2.47. The minimum absolute atomic E-state index is 0.0289. The number of ether oxygens (including phenoxy) is 1. The first-order chi connectivity index (χ1) is 12.6. The lowest BCUT2D eigenvalue weighted by Gasteiger charge is -2.17. The largest absolute Gasteiger partial charge is 0.427 e. The number of esters is 1. The van der Waals surface area contributed by atoms with Crippen molar-refractivity contribution in [3.8, 4) is 5.75 Å². The predicted octanol–water partition coefficient (Wildman–Crippen LogP) is 4.90. The number of carbonyl (C=O) groups excluding carboxylic acids is 2. The zero-order chi connectivity index (χ0) is 18.1. The van der Waals surface area contributed by atoms with E-state index in [1.54, 1.807) is 24.3 Å². The van der Waals surface area contributed by atoms with E-state index in [0.29, 0.717) is 28.0 Å². The summed E-state index contributed by atoms with van der Waals surface area (Å²) in [6.45, 7) is 1.35. The summed E-state index contributed by atoms with van der Waals surface area (Å²) in [5, 5.41) is 0.667. The first-order valence-electron chi connectivity index (χ1n) is 8.87. The van der Waals surface area contributed by atoms with Gasteiger partial charge in [-0.3, -0.25) is 9.59 Å². The summed E-state index contributed by atoms with van der Waals surface area (Å²) >= 11 is 1.93. The van der Waals surface area contributed by atoms with Crippen LogP contribution in [0, 0.1) is 11.8 Å². The van der Waals surface area contributed by atoms with Crippen molar-refractivity contribution >= 4 is 23.5 Å². The van der Waals surface area contributed by atoms with Crippen LogP contribution in [0.15, 0.2) is 65.6 Å². The Morgan fingerprint density at radius 1 is 0.923 bits per heavy atom. The van der Waals surface area contributed by atoms with Crippen LogP contribution in [0.25, 0.3) is 0 Å². The van der Waals surface area contributed by atoms with Gasteiger partial charge >= 0.3 is 5.97 Å². The Morgan fingerprint density at radius 3 is 2.12 bits per heavy atom. The molecule has 3 nitrogen and oxygen atoms in total. The summed E-state index contributed by atoms with van der Waals surface area (Å²) < 4.78 is 5.00. The number of allylic oxidation sites excluding steroid dienone is 2. The van der Waals surface area contributed by atoms with Crippen molar-refractivity contribution < 1.29 is 14.3 Å². The summed E-state index contributed by atoms with van der Waals surface area (Å²) in [5.41, 5.74) is 1.25. The Balaban J connectivity index is 1.42. The molecule has 3 unspecified atom stereocenters. The number of hydrogen-bond donors (Lipinski definition) is 0. The quantitative estimate of drug-likeness (QED) is 0.328. The molecule has 3 atom stereocenters. The zero-order valence-electron chi connectivity index (χ0n) is 14.6. The molecule has 4 rings (SSSR count). The maximum absolute atomic E-state index is 12.6. The van der Waals surface area contributed by atoms with Gasteiger partial charge in [-0.15, -0.1) is 11.8 Å². The molecule has 2 aromatic rings. The highest BCUT2D eigenvalue weighted by Gasteiger charge is 2.35. The molecule has 4 heteroatoms. The Morgan fingerprint density at radius 2 is 1.58 bits per heavy atom. The van der Waals surface area contributed by atoms with E-state index in [4.69, 9.17) is 4.74 Å². The number of rotatable bonds is 5. The van der Waals surface area contributed by atoms with Gasteiger partial charge < -0.3 is 4.74 Å². The zero-order valence-corrected chi connectivity index (χ0v) is 15.4. The first kappa shape index (κ1) is 17.1. The van der Waals surface area contributed by atoms with E-state index in [-0.39, 0.29) is 11.8 Å². The van der Waals surface area contributed by atoms with Crippen LogP contribution in [0.1, 0.15) is 35.7 Å². The van der Waals surface area contributed by atoms with Gasteiger partial charge in [0.05, 0.1) is 0 Å². The van der Waals surface area contributed by atoms with Crippen molar-refractivity contribution in [1.82, 2.24) is 0 Å². The van der Waals surface area contributed by atoms with Crippen LogP contribution in [0.3, 0.4) is 0 Å².